The molecule has 1 aliphatic rings. The van der Waals surface area contributed by atoms with Crippen molar-refractivity contribution in [3.8, 4) is 22.8 Å². The van der Waals surface area contributed by atoms with Gasteiger partial charge in [0.05, 0.1) is 11.2 Å². The first-order valence-corrected chi connectivity index (χ1v) is 10.1. The van der Waals surface area contributed by atoms with Crippen LogP contribution in [0, 0.1) is 0 Å². The molecule has 0 radical (unpaired) electrons. The van der Waals surface area contributed by atoms with Gasteiger partial charge in [-0.05, 0) is 42.7 Å². The van der Waals surface area contributed by atoms with Gasteiger partial charge in [0.2, 0.25) is 0 Å². The SMILES string of the molecule is c1ccc(Oc2cc(NC3CCOCC3)c3[nH]c(-c4ccccc4)cc3c2)cc1. The molecule has 1 fully saturated rings. The number of anilines is 1. The Balaban J connectivity index is 1.55. The van der Waals surface area contributed by atoms with Gasteiger partial charge in [0.1, 0.15) is 11.5 Å². The number of fused-ring (bicyclic) bond motifs is 1. The van der Waals surface area contributed by atoms with E-state index in [1.165, 1.54) is 5.56 Å². The van der Waals surface area contributed by atoms with Gasteiger partial charge in [-0.15, -0.1) is 0 Å². The van der Waals surface area contributed by atoms with Gasteiger partial charge in [-0.3, -0.25) is 0 Å². The number of rotatable bonds is 5. The average Bonchev–Trinajstić information content (AvgIpc) is 3.20. The van der Waals surface area contributed by atoms with Crippen molar-refractivity contribution in [3.05, 3.63) is 78.9 Å². The summed E-state index contributed by atoms with van der Waals surface area (Å²) in [5.74, 6) is 1.67. The van der Waals surface area contributed by atoms with Crippen molar-refractivity contribution in [1.82, 2.24) is 4.98 Å². The highest BCUT2D eigenvalue weighted by atomic mass is 16.5. The highest BCUT2D eigenvalue weighted by Crippen LogP contribution is 2.35. The van der Waals surface area contributed by atoms with E-state index in [4.69, 9.17) is 9.47 Å². The van der Waals surface area contributed by atoms with E-state index in [1.807, 2.05) is 36.4 Å². The highest BCUT2D eigenvalue weighted by Gasteiger charge is 2.17. The van der Waals surface area contributed by atoms with E-state index in [1.54, 1.807) is 0 Å². The molecule has 29 heavy (non-hydrogen) atoms. The number of H-pyrrole nitrogens is 1. The molecule has 1 saturated heterocycles. The van der Waals surface area contributed by atoms with Gasteiger partial charge in [-0.25, -0.2) is 0 Å². The number of nitrogens with one attached hydrogen (secondary N) is 2. The van der Waals surface area contributed by atoms with Crippen molar-refractivity contribution in [2.75, 3.05) is 18.5 Å². The topological polar surface area (TPSA) is 46.3 Å². The first-order valence-electron chi connectivity index (χ1n) is 10.1. The number of aromatic nitrogens is 1. The Hall–Kier alpha value is -3.24. The number of aromatic amines is 1. The molecular weight excluding hydrogens is 360 g/mol. The van der Waals surface area contributed by atoms with Crippen molar-refractivity contribution in [3.63, 3.8) is 0 Å². The standard InChI is InChI=1S/C25H24N2O2/c1-3-7-18(8-4-1)23-16-19-15-22(29-21-9-5-2-6-10-21)17-24(25(19)27-23)26-20-11-13-28-14-12-20/h1-10,15-17,20,26-27H,11-14H2. The summed E-state index contributed by atoms with van der Waals surface area (Å²) in [6.07, 6.45) is 2.02. The van der Waals surface area contributed by atoms with Crippen LogP contribution in [-0.4, -0.2) is 24.2 Å². The van der Waals surface area contributed by atoms with Gasteiger partial charge in [0, 0.05) is 36.4 Å². The van der Waals surface area contributed by atoms with E-state index >= 15 is 0 Å². The van der Waals surface area contributed by atoms with E-state index < -0.39 is 0 Å². The Labute approximate surface area is 170 Å². The van der Waals surface area contributed by atoms with Crippen molar-refractivity contribution in [2.45, 2.75) is 18.9 Å². The normalized spacial score (nSPS) is 14.8. The minimum Gasteiger partial charge on any atom is -0.457 e. The molecule has 2 heterocycles. The maximum absolute atomic E-state index is 6.15. The second-order valence-corrected chi connectivity index (χ2v) is 7.43. The van der Waals surface area contributed by atoms with Crippen molar-refractivity contribution in [1.29, 1.82) is 0 Å². The Morgan fingerprint density at radius 2 is 1.55 bits per heavy atom. The zero-order chi connectivity index (χ0) is 19.5. The van der Waals surface area contributed by atoms with Crippen LogP contribution in [0.4, 0.5) is 5.69 Å². The third kappa shape index (κ3) is 3.98. The molecule has 0 spiro atoms. The van der Waals surface area contributed by atoms with Crippen LogP contribution >= 0.6 is 0 Å². The molecule has 0 aliphatic carbocycles. The van der Waals surface area contributed by atoms with Gasteiger partial charge in [-0.1, -0.05) is 48.5 Å². The first-order chi connectivity index (χ1) is 14.3. The van der Waals surface area contributed by atoms with Gasteiger partial charge < -0.3 is 19.8 Å². The highest BCUT2D eigenvalue weighted by molar-refractivity contribution is 5.96. The summed E-state index contributed by atoms with van der Waals surface area (Å²) in [7, 11) is 0. The second kappa shape index (κ2) is 8.02. The van der Waals surface area contributed by atoms with Crippen molar-refractivity contribution in [2.24, 2.45) is 0 Å². The monoisotopic (exact) mass is 384 g/mol. The number of ether oxygens (including phenoxy) is 2. The minimum absolute atomic E-state index is 0.405. The molecule has 1 aliphatic heterocycles. The molecule has 0 unspecified atom stereocenters. The van der Waals surface area contributed by atoms with Crippen LogP contribution in [0.5, 0.6) is 11.5 Å². The van der Waals surface area contributed by atoms with Crippen LogP contribution in [0.2, 0.25) is 0 Å². The number of benzene rings is 3. The lowest BCUT2D eigenvalue weighted by Gasteiger charge is -2.24. The van der Waals surface area contributed by atoms with Gasteiger partial charge in [0.15, 0.2) is 0 Å². The lowest BCUT2D eigenvalue weighted by Crippen LogP contribution is -2.27. The molecule has 4 aromatic rings. The largest absolute Gasteiger partial charge is 0.457 e. The summed E-state index contributed by atoms with van der Waals surface area (Å²) < 4.78 is 11.7. The van der Waals surface area contributed by atoms with E-state index in [0.717, 1.165) is 59.8 Å². The van der Waals surface area contributed by atoms with E-state index in [9.17, 15) is 0 Å². The molecular formula is C25H24N2O2. The van der Waals surface area contributed by atoms with Crippen molar-refractivity contribution < 1.29 is 9.47 Å². The number of hydrogen-bond donors (Lipinski definition) is 2. The van der Waals surface area contributed by atoms with E-state index in [0.29, 0.717) is 6.04 Å². The molecule has 0 bridgehead atoms. The fraction of sp³-hybridized carbons (Fsp3) is 0.200. The quantitative estimate of drug-likeness (QED) is 0.429. The lowest BCUT2D eigenvalue weighted by atomic mass is 10.1. The van der Waals surface area contributed by atoms with Crippen LogP contribution in [-0.2, 0) is 4.74 Å². The zero-order valence-electron chi connectivity index (χ0n) is 16.2. The molecule has 146 valence electrons. The summed E-state index contributed by atoms with van der Waals surface area (Å²) in [6.45, 7) is 1.61. The van der Waals surface area contributed by atoms with Gasteiger partial charge in [-0.2, -0.15) is 0 Å². The number of para-hydroxylation sites is 1. The molecule has 2 N–H and O–H groups in total. The Morgan fingerprint density at radius 1 is 0.828 bits per heavy atom. The molecule has 4 heteroatoms. The molecule has 0 amide bonds. The maximum Gasteiger partial charge on any atom is 0.130 e. The van der Waals surface area contributed by atoms with Crippen LogP contribution in [0.1, 0.15) is 12.8 Å². The molecule has 0 atom stereocenters. The van der Waals surface area contributed by atoms with Gasteiger partial charge in [0.25, 0.3) is 0 Å². The fourth-order valence-corrected chi connectivity index (χ4v) is 3.85. The maximum atomic E-state index is 6.15. The lowest BCUT2D eigenvalue weighted by molar-refractivity contribution is 0.0905. The smallest absolute Gasteiger partial charge is 0.130 e. The average molecular weight is 384 g/mol. The zero-order valence-corrected chi connectivity index (χ0v) is 16.2. The summed E-state index contributed by atoms with van der Waals surface area (Å²) in [4.78, 5) is 3.61. The summed E-state index contributed by atoms with van der Waals surface area (Å²) in [5.41, 5.74) is 4.46. The van der Waals surface area contributed by atoms with Gasteiger partial charge >= 0.3 is 0 Å². The van der Waals surface area contributed by atoms with Crippen LogP contribution < -0.4 is 10.1 Å². The van der Waals surface area contributed by atoms with Crippen molar-refractivity contribution >= 4 is 16.6 Å². The Morgan fingerprint density at radius 3 is 2.31 bits per heavy atom. The minimum atomic E-state index is 0.405. The van der Waals surface area contributed by atoms with E-state index in [-0.39, 0.29) is 0 Å². The predicted molar refractivity (Wildman–Crippen MR) is 118 cm³/mol. The molecule has 5 rings (SSSR count). The predicted octanol–water partition coefficient (Wildman–Crippen LogP) is 6.22. The third-order valence-electron chi connectivity index (χ3n) is 5.35. The Bertz CT molecular complexity index is 1080. The first kappa shape index (κ1) is 17.8. The molecule has 1 aromatic heterocycles. The van der Waals surface area contributed by atoms with Crippen LogP contribution in [0.3, 0.4) is 0 Å². The van der Waals surface area contributed by atoms with Crippen LogP contribution in [0.25, 0.3) is 22.2 Å². The Kier molecular flexibility index (Phi) is 4.93. The fourth-order valence-electron chi connectivity index (χ4n) is 3.85. The molecule has 4 nitrogen and oxygen atoms in total. The number of hydrogen-bond acceptors (Lipinski definition) is 3. The molecule has 0 saturated carbocycles. The summed E-state index contributed by atoms with van der Waals surface area (Å²) in [5, 5.41) is 4.85. The van der Waals surface area contributed by atoms with Crippen LogP contribution in [0.15, 0.2) is 78.9 Å². The molecule has 3 aromatic carbocycles. The van der Waals surface area contributed by atoms with E-state index in [2.05, 4.69) is 52.8 Å². The summed E-state index contributed by atoms with van der Waals surface area (Å²) in [6, 6.07) is 27.1. The third-order valence-corrected chi connectivity index (χ3v) is 5.35. The summed E-state index contributed by atoms with van der Waals surface area (Å²) >= 11 is 0. The second-order valence-electron chi connectivity index (χ2n) is 7.43.